The Kier molecular flexibility index (Phi) is 5.84. The Morgan fingerprint density at radius 1 is 0.967 bits per heavy atom. The quantitative estimate of drug-likeness (QED) is 0.542. The van der Waals surface area contributed by atoms with Gasteiger partial charge in [0.2, 0.25) is 0 Å². The Bertz CT molecular complexity index is 1030. The number of para-hydroxylation sites is 1. The van der Waals surface area contributed by atoms with E-state index in [1.807, 2.05) is 48.5 Å². The number of aliphatic carboxylic acids is 1. The number of carbonyl (C=O) groups is 1. The zero-order valence-corrected chi connectivity index (χ0v) is 16.9. The monoisotopic (exact) mass is 399 g/mol. The van der Waals surface area contributed by atoms with Gasteiger partial charge in [0.25, 0.3) is 0 Å². The smallest absolute Gasteiger partial charge is 0.341 e. The fourth-order valence-electron chi connectivity index (χ4n) is 4.19. The normalized spacial score (nSPS) is 16.4. The Morgan fingerprint density at radius 3 is 2.27 bits per heavy atom. The van der Waals surface area contributed by atoms with Crippen molar-refractivity contribution in [3.63, 3.8) is 0 Å². The summed E-state index contributed by atoms with van der Waals surface area (Å²) in [6.07, 6.45) is 2.87. The number of rotatable bonds is 7. The van der Waals surface area contributed by atoms with Gasteiger partial charge in [-0.2, -0.15) is 0 Å². The standard InChI is InChI=1S/C26H25NO3/c1-2-22(19-11-5-3-6-12-19)27-23-16-10-9-15-21(23)17-24(30-18-25(28)29)26(27)20-13-7-4-8-14-20/h3-17,22,26H,2,18H2,1H3,(H,28,29)/t22?,26-/m0/s1. The van der Waals surface area contributed by atoms with Crippen LogP contribution >= 0.6 is 0 Å². The molecule has 1 unspecified atom stereocenters. The Hall–Kier alpha value is -3.53. The maximum atomic E-state index is 11.3. The summed E-state index contributed by atoms with van der Waals surface area (Å²) >= 11 is 0. The summed E-state index contributed by atoms with van der Waals surface area (Å²) in [6.45, 7) is 1.81. The summed E-state index contributed by atoms with van der Waals surface area (Å²) in [7, 11) is 0. The molecule has 0 saturated carbocycles. The lowest BCUT2D eigenvalue weighted by Crippen LogP contribution is -2.37. The van der Waals surface area contributed by atoms with E-state index < -0.39 is 5.97 Å². The van der Waals surface area contributed by atoms with Gasteiger partial charge in [-0.3, -0.25) is 0 Å². The van der Waals surface area contributed by atoms with Crippen LogP contribution in [-0.2, 0) is 9.53 Å². The van der Waals surface area contributed by atoms with E-state index in [4.69, 9.17) is 4.74 Å². The molecule has 0 aromatic heterocycles. The lowest BCUT2D eigenvalue weighted by atomic mass is 9.90. The lowest BCUT2D eigenvalue weighted by molar-refractivity contribution is -0.140. The Morgan fingerprint density at radius 2 is 1.60 bits per heavy atom. The highest BCUT2D eigenvalue weighted by atomic mass is 16.5. The average Bonchev–Trinajstić information content (AvgIpc) is 2.79. The van der Waals surface area contributed by atoms with Crippen LogP contribution in [-0.4, -0.2) is 17.7 Å². The molecule has 3 aromatic carbocycles. The van der Waals surface area contributed by atoms with E-state index in [2.05, 4.69) is 54.3 Å². The number of carboxylic acid groups (broad SMARTS) is 1. The molecule has 0 bridgehead atoms. The van der Waals surface area contributed by atoms with Crippen LogP contribution in [0.15, 0.2) is 90.7 Å². The highest BCUT2D eigenvalue weighted by molar-refractivity contribution is 5.76. The molecule has 0 radical (unpaired) electrons. The van der Waals surface area contributed by atoms with E-state index in [0.717, 1.165) is 23.2 Å². The maximum Gasteiger partial charge on any atom is 0.341 e. The molecule has 1 aliphatic rings. The molecule has 0 saturated heterocycles. The third-order valence-corrected chi connectivity index (χ3v) is 5.44. The highest BCUT2D eigenvalue weighted by Crippen LogP contribution is 2.46. The highest BCUT2D eigenvalue weighted by Gasteiger charge is 2.36. The predicted octanol–water partition coefficient (Wildman–Crippen LogP) is 5.84. The molecule has 30 heavy (non-hydrogen) atoms. The third-order valence-electron chi connectivity index (χ3n) is 5.44. The second-order valence-electron chi connectivity index (χ2n) is 7.34. The van der Waals surface area contributed by atoms with Gasteiger partial charge in [0.1, 0.15) is 11.8 Å². The number of carboxylic acids is 1. The summed E-state index contributed by atoms with van der Waals surface area (Å²) in [5.41, 5.74) is 4.43. The van der Waals surface area contributed by atoms with Crippen molar-refractivity contribution in [2.24, 2.45) is 0 Å². The Labute approximate surface area is 177 Å². The third kappa shape index (κ3) is 3.94. The van der Waals surface area contributed by atoms with Crippen LogP contribution in [0, 0.1) is 0 Å². The van der Waals surface area contributed by atoms with Crippen LogP contribution in [0.5, 0.6) is 0 Å². The van der Waals surface area contributed by atoms with Crippen molar-refractivity contribution in [3.05, 3.63) is 107 Å². The lowest BCUT2D eigenvalue weighted by Gasteiger charge is -2.44. The Balaban J connectivity index is 1.89. The molecule has 2 atom stereocenters. The van der Waals surface area contributed by atoms with Gasteiger partial charge in [0.05, 0.1) is 6.04 Å². The minimum absolute atomic E-state index is 0.106. The average molecular weight is 399 g/mol. The van der Waals surface area contributed by atoms with Gasteiger partial charge in [-0.05, 0) is 29.7 Å². The van der Waals surface area contributed by atoms with Gasteiger partial charge in [0, 0.05) is 11.3 Å². The molecule has 1 N–H and O–H groups in total. The number of ether oxygens (including phenoxy) is 1. The predicted molar refractivity (Wildman–Crippen MR) is 119 cm³/mol. The van der Waals surface area contributed by atoms with Crippen LogP contribution in [0.3, 0.4) is 0 Å². The van der Waals surface area contributed by atoms with E-state index in [0.29, 0.717) is 5.76 Å². The number of hydrogen-bond acceptors (Lipinski definition) is 3. The van der Waals surface area contributed by atoms with Crippen LogP contribution < -0.4 is 4.90 Å². The van der Waals surface area contributed by atoms with Crippen LogP contribution in [0.25, 0.3) is 6.08 Å². The second-order valence-corrected chi connectivity index (χ2v) is 7.34. The van der Waals surface area contributed by atoms with Crippen molar-refractivity contribution in [2.45, 2.75) is 25.4 Å². The minimum atomic E-state index is -0.983. The molecule has 0 amide bonds. The van der Waals surface area contributed by atoms with Gasteiger partial charge in [-0.25, -0.2) is 4.79 Å². The topological polar surface area (TPSA) is 49.8 Å². The maximum absolute atomic E-state index is 11.3. The first-order valence-electron chi connectivity index (χ1n) is 10.2. The van der Waals surface area contributed by atoms with Gasteiger partial charge < -0.3 is 14.7 Å². The molecule has 0 fully saturated rings. The number of fused-ring (bicyclic) bond motifs is 1. The van der Waals surface area contributed by atoms with E-state index in [-0.39, 0.29) is 18.7 Å². The number of hydrogen-bond donors (Lipinski definition) is 1. The summed E-state index contributed by atoms with van der Waals surface area (Å²) in [5.74, 6) is -0.333. The molecule has 1 heterocycles. The first kappa shape index (κ1) is 19.8. The van der Waals surface area contributed by atoms with Crippen LogP contribution in [0.1, 0.15) is 42.1 Å². The van der Waals surface area contributed by atoms with Crippen molar-refractivity contribution >= 4 is 17.7 Å². The molecule has 3 aromatic rings. The fourth-order valence-corrected chi connectivity index (χ4v) is 4.19. The second kappa shape index (κ2) is 8.87. The molecule has 4 rings (SSSR count). The molecule has 4 heteroatoms. The van der Waals surface area contributed by atoms with Gasteiger partial charge in [-0.15, -0.1) is 0 Å². The molecular weight excluding hydrogens is 374 g/mol. The number of anilines is 1. The van der Waals surface area contributed by atoms with E-state index in [9.17, 15) is 9.90 Å². The van der Waals surface area contributed by atoms with Gasteiger partial charge in [-0.1, -0.05) is 85.8 Å². The summed E-state index contributed by atoms with van der Waals surface area (Å²) in [4.78, 5) is 13.6. The molecule has 4 nitrogen and oxygen atoms in total. The van der Waals surface area contributed by atoms with Crippen molar-refractivity contribution in [3.8, 4) is 0 Å². The summed E-state index contributed by atoms with van der Waals surface area (Å²) in [6, 6.07) is 28.7. The van der Waals surface area contributed by atoms with Crippen molar-refractivity contribution in [1.82, 2.24) is 0 Å². The van der Waals surface area contributed by atoms with Crippen LogP contribution in [0.2, 0.25) is 0 Å². The van der Waals surface area contributed by atoms with Crippen molar-refractivity contribution < 1.29 is 14.6 Å². The summed E-state index contributed by atoms with van der Waals surface area (Å²) in [5, 5.41) is 9.23. The number of benzene rings is 3. The van der Waals surface area contributed by atoms with Crippen molar-refractivity contribution in [2.75, 3.05) is 11.5 Å². The molecule has 0 spiro atoms. The first-order chi connectivity index (χ1) is 14.7. The van der Waals surface area contributed by atoms with Gasteiger partial charge in [0.15, 0.2) is 6.61 Å². The SMILES string of the molecule is CCC(c1ccccc1)N1c2ccccc2C=C(OCC(=O)O)[C@@H]1c1ccccc1. The zero-order valence-electron chi connectivity index (χ0n) is 16.9. The molecular formula is C26H25NO3. The van der Waals surface area contributed by atoms with E-state index in [1.165, 1.54) is 5.56 Å². The molecule has 152 valence electrons. The van der Waals surface area contributed by atoms with E-state index in [1.54, 1.807) is 0 Å². The minimum Gasteiger partial charge on any atom is -0.484 e. The number of nitrogens with zero attached hydrogens (tertiary/aromatic N) is 1. The molecule has 0 aliphatic carbocycles. The first-order valence-corrected chi connectivity index (χ1v) is 10.2. The largest absolute Gasteiger partial charge is 0.484 e. The fraction of sp³-hybridized carbons (Fsp3) is 0.192. The summed E-state index contributed by atoms with van der Waals surface area (Å²) < 4.78 is 5.85. The zero-order chi connectivity index (χ0) is 20.9. The van der Waals surface area contributed by atoms with Gasteiger partial charge >= 0.3 is 5.97 Å². The molecule has 1 aliphatic heterocycles. The van der Waals surface area contributed by atoms with E-state index >= 15 is 0 Å². The van der Waals surface area contributed by atoms with Crippen LogP contribution in [0.4, 0.5) is 5.69 Å². The van der Waals surface area contributed by atoms with Crippen molar-refractivity contribution in [1.29, 1.82) is 0 Å².